The van der Waals surface area contributed by atoms with E-state index >= 15 is 0 Å². The van der Waals surface area contributed by atoms with Crippen LogP contribution in [0, 0.1) is 0 Å². The first kappa shape index (κ1) is 22.1. The second-order valence-electron chi connectivity index (χ2n) is 7.36. The Morgan fingerprint density at radius 1 is 0.839 bits per heavy atom. The van der Waals surface area contributed by atoms with Crippen LogP contribution < -0.4 is 15.4 Å². The van der Waals surface area contributed by atoms with Crippen LogP contribution in [0.1, 0.15) is 59.0 Å². The summed E-state index contributed by atoms with van der Waals surface area (Å²) >= 11 is 0. The third-order valence-electron chi connectivity index (χ3n) is 4.94. The first-order chi connectivity index (χ1) is 15.1. The molecule has 0 aliphatic rings. The van der Waals surface area contributed by atoms with Gasteiger partial charge in [-0.15, -0.1) is 0 Å². The Kier molecular flexibility index (Phi) is 7.82. The Labute approximate surface area is 183 Å². The summed E-state index contributed by atoms with van der Waals surface area (Å²) in [6.07, 6.45) is 2.08. The van der Waals surface area contributed by atoms with Crippen molar-refractivity contribution in [1.82, 2.24) is 5.32 Å². The third-order valence-corrected chi connectivity index (χ3v) is 4.94. The molecular formula is C26H28N2O3. The van der Waals surface area contributed by atoms with Gasteiger partial charge in [-0.05, 0) is 67.4 Å². The fourth-order valence-electron chi connectivity index (χ4n) is 3.05. The number of hydrogen-bond acceptors (Lipinski definition) is 3. The number of amides is 2. The zero-order valence-corrected chi connectivity index (χ0v) is 17.9. The third kappa shape index (κ3) is 6.44. The van der Waals surface area contributed by atoms with Crippen LogP contribution in [0.2, 0.25) is 0 Å². The molecule has 0 spiro atoms. The molecule has 2 amide bonds. The van der Waals surface area contributed by atoms with Gasteiger partial charge in [-0.2, -0.15) is 0 Å². The van der Waals surface area contributed by atoms with Gasteiger partial charge in [-0.1, -0.05) is 43.7 Å². The van der Waals surface area contributed by atoms with E-state index in [0.29, 0.717) is 23.4 Å². The number of hydrogen-bond donors (Lipinski definition) is 2. The molecular weight excluding hydrogens is 388 g/mol. The largest absolute Gasteiger partial charge is 0.494 e. The topological polar surface area (TPSA) is 67.4 Å². The normalized spacial score (nSPS) is 11.4. The molecule has 160 valence electrons. The van der Waals surface area contributed by atoms with Gasteiger partial charge in [0.1, 0.15) is 5.75 Å². The van der Waals surface area contributed by atoms with Crippen LogP contribution in [0.4, 0.5) is 5.69 Å². The number of nitrogens with one attached hydrogen (secondary N) is 2. The number of rotatable bonds is 9. The van der Waals surface area contributed by atoms with Crippen LogP contribution >= 0.6 is 0 Å². The minimum Gasteiger partial charge on any atom is -0.494 e. The van der Waals surface area contributed by atoms with Gasteiger partial charge in [0.2, 0.25) is 0 Å². The van der Waals surface area contributed by atoms with E-state index in [-0.39, 0.29) is 17.9 Å². The van der Waals surface area contributed by atoms with E-state index in [1.165, 1.54) is 0 Å². The molecule has 31 heavy (non-hydrogen) atoms. The van der Waals surface area contributed by atoms with Gasteiger partial charge in [0.05, 0.1) is 12.6 Å². The summed E-state index contributed by atoms with van der Waals surface area (Å²) in [6.45, 7) is 4.73. The predicted octanol–water partition coefficient (Wildman–Crippen LogP) is 5.61. The monoisotopic (exact) mass is 416 g/mol. The Hall–Kier alpha value is -3.60. The summed E-state index contributed by atoms with van der Waals surface area (Å²) in [5, 5.41) is 5.84. The molecule has 0 bridgehead atoms. The number of unbranched alkanes of at least 4 members (excludes halogenated alkanes) is 1. The number of carbonyl (C=O) groups is 2. The SMILES string of the molecule is CCCCOc1ccc(C(=O)Nc2ccc(C(=O)NC(C)c3ccccc3)cc2)cc1. The van der Waals surface area contributed by atoms with E-state index in [0.717, 1.165) is 24.2 Å². The van der Waals surface area contributed by atoms with Crippen molar-refractivity contribution in [2.45, 2.75) is 32.7 Å². The van der Waals surface area contributed by atoms with Gasteiger partial charge in [-0.25, -0.2) is 0 Å². The molecule has 3 aromatic carbocycles. The van der Waals surface area contributed by atoms with Crippen molar-refractivity contribution in [2.75, 3.05) is 11.9 Å². The predicted molar refractivity (Wildman–Crippen MR) is 124 cm³/mol. The standard InChI is InChI=1S/C26H28N2O3/c1-3-4-18-31-24-16-12-22(13-17-24)26(30)28-23-14-10-21(11-15-23)25(29)27-19(2)20-8-6-5-7-9-20/h5-17,19H,3-4,18H2,1-2H3,(H,27,29)(H,28,30). The average molecular weight is 417 g/mol. The molecule has 0 saturated heterocycles. The fourth-order valence-corrected chi connectivity index (χ4v) is 3.05. The molecule has 0 heterocycles. The fraction of sp³-hybridized carbons (Fsp3) is 0.231. The van der Waals surface area contributed by atoms with Gasteiger partial charge in [0.15, 0.2) is 0 Å². The van der Waals surface area contributed by atoms with Crippen molar-refractivity contribution in [2.24, 2.45) is 0 Å². The van der Waals surface area contributed by atoms with E-state index in [4.69, 9.17) is 4.74 Å². The minimum atomic E-state index is -0.213. The van der Waals surface area contributed by atoms with E-state index < -0.39 is 0 Å². The molecule has 1 atom stereocenters. The second-order valence-corrected chi connectivity index (χ2v) is 7.36. The Balaban J connectivity index is 1.55. The van der Waals surface area contributed by atoms with Gasteiger partial charge < -0.3 is 15.4 Å². The van der Waals surface area contributed by atoms with Crippen molar-refractivity contribution < 1.29 is 14.3 Å². The van der Waals surface area contributed by atoms with Crippen molar-refractivity contribution in [3.63, 3.8) is 0 Å². The maximum absolute atomic E-state index is 12.5. The zero-order chi connectivity index (χ0) is 22.1. The van der Waals surface area contributed by atoms with Crippen LogP contribution in [-0.2, 0) is 0 Å². The van der Waals surface area contributed by atoms with Gasteiger partial charge in [-0.3, -0.25) is 9.59 Å². The van der Waals surface area contributed by atoms with Crippen LogP contribution in [0.15, 0.2) is 78.9 Å². The lowest BCUT2D eigenvalue weighted by molar-refractivity contribution is 0.0939. The lowest BCUT2D eigenvalue weighted by Gasteiger charge is -2.14. The lowest BCUT2D eigenvalue weighted by Crippen LogP contribution is -2.26. The molecule has 5 nitrogen and oxygen atoms in total. The van der Waals surface area contributed by atoms with Gasteiger partial charge in [0, 0.05) is 16.8 Å². The molecule has 0 aliphatic heterocycles. The van der Waals surface area contributed by atoms with Crippen molar-refractivity contribution >= 4 is 17.5 Å². The van der Waals surface area contributed by atoms with Crippen molar-refractivity contribution in [3.05, 3.63) is 95.6 Å². The van der Waals surface area contributed by atoms with Crippen molar-refractivity contribution in [3.8, 4) is 5.75 Å². The molecule has 0 saturated carbocycles. The first-order valence-corrected chi connectivity index (χ1v) is 10.6. The smallest absolute Gasteiger partial charge is 0.255 e. The molecule has 3 rings (SSSR count). The second kappa shape index (κ2) is 11.0. The highest BCUT2D eigenvalue weighted by Crippen LogP contribution is 2.17. The summed E-state index contributed by atoms with van der Waals surface area (Å²) in [4.78, 5) is 25.0. The van der Waals surface area contributed by atoms with Gasteiger partial charge in [0.25, 0.3) is 11.8 Å². The number of anilines is 1. The van der Waals surface area contributed by atoms with Crippen LogP contribution in [0.25, 0.3) is 0 Å². The number of ether oxygens (including phenoxy) is 1. The van der Waals surface area contributed by atoms with E-state index in [2.05, 4.69) is 17.6 Å². The molecule has 0 aliphatic carbocycles. The zero-order valence-electron chi connectivity index (χ0n) is 17.9. The van der Waals surface area contributed by atoms with E-state index in [1.54, 1.807) is 48.5 Å². The van der Waals surface area contributed by atoms with Crippen LogP contribution in [0.3, 0.4) is 0 Å². The number of benzene rings is 3. The Morgan fingerprint density at radius 2 is 1.45 bits per heavy atom. The highest BCUT2D eigenvalue weighted by Gasteiger charge is 2.12. The van der Waals surface area contributed by atoms with Crippen LogP contribution in [0.5, 0.6) is 5.75 Å². The average Bonchev–Trinajstić information content (AvgIpc) is 2.80. The van der Waals surface area contributed by atoms with Gasteiger partial charge >= 0.3 is 0 Å². The van der Waals surface area contributed by atoms with Crippen LogP contribution in [-0.4, -0.2) is 18.4 Å². The molecule has 0 fully saturated rings. The summed E-state index contributed by atoms with van der Waals surface area (Å²) in [6, 6.07) is 23.6. The maximum atomic E-state index is 12.5. The highest BCUT2D eigenvalue weighted by atomic mass is 16.5. The molecule has 1 unspecified atom stereocenters. The quantitative estimate of drug-likeness (QED) is 0.446. The molecule has 3 aromatic rings. The Morgan fingerprint density at radius 3 is 2.10 bits per heavy atom. The first-order valence-electron chi connectivity index (χ1n) is 10.6. The Bertz CT molecular complexity index is 983. The summed E-state index contributed by atoms with van der Waals surface area (Å²) < 4.78 is 5.62. The maximum Gasteiger partial charge on any atom is 0.255 e. The molecule has 0 aromatic heterocycles. The summed E-state index contributed by atoms with van der Waals surface area (Å²) in [5.41, 5.74) is 2.75. The lowest BCUT2D eigenvalue weighted by atomic mass is 10.1. The minimum absolute atomic E-state index is 0.0954. The molecule has 2 N–H and O–H groups in total. The highest BCUT2D eigenvalue weighted by molar-refractivity contribution is 6.04. The van der Waals surface area contributed by atoms with E-state index in [1.807, 2.05) is 37.3 Å². The van der Waals surface area contributed by atoms with Crippen molar-refractivity contribution in [1.29, 1.82) is 0 Å². The summed E-state index contributed by atoms with van der Waals surface area (Å²) in [7, 11) is 0. The number of carbonyl (C=O) groups excluding carboxylic acids is 2. The summed E-state index contributed by atoms with van der Waals surface area (Å²) in [5.74, 6) is 0.382. The van der Waals surface area contributed by atoms with E-state index in [9.17, 15) is 9.59 Å². The molecule has 0 radical (unpaired) electrons. The molecule has 5 heteroatoms.